The number of rotatable bonds is 7. The molecule has 1 aromatic rings. The number of carbonyl (C=O) groups excluding carboxylic acids is 2. The second kappa shape index (κ2) is 9.53. The number of amides is 2. The van der Waals surface area contributed by atoms with Crippen LogP contribution in [0.15, 0.2) is 18.2 Å². The van der Waals surface area contributed by atoms with E-state index in [2.05, 4.69) is 34.1 Å². The lowest BCUT2D eigenvalue weighted by atomic mass is 10.1. The lowest BCUT2D eigenvalue weighted by molar-refractivity contribution is -0.122. The Morgan fingerprint density at radius 3 is 2.61 bits per heavy atom. The second-order valence-corrected chi connectivity index (χ2v) is 6.18. The maximum Gasteiger partial charge on any atom is 0.222 e. The molecule has 0 fully saturated rings. The molecule has 1 aromatic carbocycles. The highest BCUT2D eigenvalue weighted by Gasteiger charge is 2.10. The van der Waals surface area contributed by atoms with E-state index in [1.165, 1.54) is 11.1 Å². The van der Waals surface area contributed by atoms with Gasteiger partial charge in [0.15, 0.2) is 0 Å². The Morgan fingerprint density at radius 2 is 1.87 bits per heavy atom. The summed E-state index contributed by atoms with van der Waals surface area (Å²) >= 11 is 0. The van der Waals surface area contributed by atoms with Crippen molar-refractivity contribution in [2.75, 3.05) is 6.54 Å². The van der Waals surface area contributed by atoms with Gasteiger partial charge in [0.25, 0.3) is 0 Å². The van der Waals surface area contributed by atoms with Crippen LogP contribution in [-0.2, 0) is 29.2 Å². The predicted molar refractivity (Wildman–Crippen MR) is 93.2 cm³/mol. The summed E-state index contributed by atoms with van der Waals surface area (Å²) in [6.45, 7) is 6.76. The smallest absolute Gasteiger partial charge is 0.222 e. The fourth-order valence-corrected chi connectivity index (χ4v) is 2.51. The molecule has 1 heterocycles. The quantitative estimate of drug-likeness (QED) is 0.710. The van der Waals surface area contributed by atoms with E-state index in [-0.39, 0.29) is 24.2 Å². The van der Waals surface area contributed by atoms with Gasteiger partial charge in [0, 0.05) is 39.0 Å². The molecule has 1 aliphatic rings. The van der Waals surface area contributed by atoms with Crippen molar-refractivity contribution >= 4 is 24.2 Å². The summed E-state index contributed by atoms with van der Waals surface area (Å²) in [4.78, 5) is 23.3. The summed E-state index contributed by atoms with van der Waals surface area (Å²) in [5.74, 6) is 0.306. The normalized spacial score (nSPS) is 12.5. The van der Waals surface area contributed by atoms with Crippen LogP contribution in [0.3, 0.4) is 0 Å². The highest BCUT2D eigenvalue weighted by molar-refractivity contribution is 5.85. The number of carbonyl (C=O) groups is 2. The zero-order chi connectivity index (χ0) is 15.9. The van der Waals surface area contributed by atoms with E-state index in [9.17, 15) is 9.59 Å². The SMILES string of the molecule is CC(C)CC(=O)NCCC(=O)NCc1ccc2c(c1)CNC2.Cl. The second-order valence-electron chi connectivity index (χ2n) is 6.18. The van der Waals surface area contributed by atoms with Crippen LogP contribution in [0.5, 0.6) is 0 Å². The van der Waals surface area contributed by atoms with Crippen molar-refractivity contribution in [3.8, 4) is 0 Å². The molecule has 0 aromatic heterocycles. The molecule has 0 atom stereocenters. The molecule has 0 unspecified atom stereocenters. The molecule has 1 aliphatic heterocycles. The minimum Gasteiger partial charge on any atom is -0.356 e. The van der Waals surface area contributed by atoms with E-state index < -0.39 is 0 Å². The van der Waals surface area contributed by atoms with Crippen LogP contribution in [0.2, 0.25) is 0 Å². The summed E-state index contributed by atoms with van der Waals surface area (Å²) in [6, 6.07) is 6.31. The van der Waals surface area contributed by atoms with Gasteiger partial charge in [-0.2, -0.15) is 0 Å². The molecule has 5 nitrogen and oxygen atoms in total. The van der Waals surface area contributed by atoms with Crippen LogP contribution in [0, 0.1) is 5.92 Å². The van der Waals surface area contributed by atoms with Crippen LogP contribution in [-0.4, -0.2) is 18.4 Å². The fraction of sp³-hybridized carbons (Fsp3) is 0.529. The molecule has 0 aliphatic carbocycles. The highest BCUT2D eigenvalue weighted by Crippen LogP contribution is 2.16. The molecule has 3 N–H and O–H groups in total. The fourth-order valence-electron chi connectivity index (χ4n) is 2.51. The zero-order valence-corrected chi connectivity index (χ0v) is 14.6. The van der Waals surface area contributed by atoms with E-state index >= 15 is 0 Å². The summed E-state index contributed by atoms with van der Waals surface area (Å²) in [6.07, 6.45) is 0.821. The molecule has 2 amide bonds. The van der Waals surface area contributed by atoms with Crippen LogP contribution in [0.25, 0.3) is 0 Å². The standard InChI is InChI=1S/C17H25N3O2.ClH/c1-12(2)7-17(22)19-6-5-16(21)20-9-13-3-4-14-10-18-11-15(14)8-13;/h3-4,8,12,18H,5-7,9-11H2,1-2H3,(H,19,22)(H,20,21);1H. The number of nitrogens with one attached hydrogen (secondary N) is 3. The number of hydrogen-bond donors (Lipinski definition) is 3. The molecule has 128 valence electrons. The van der Waals surface area contributed by atoms with Crippen LogP contribution >= 0.6 is 12.4 Å². The van der Waals surface area contributed by atoms with Crippen molar-refractivity contribution in [1.82, 2.24) is 16.0 Å². The molecule has 0 bridgehead atoms. The molecule has 0 spiro atoms. The molecular weight excluding hydrogens is 314 g/mol. The average molecular weight is 340 g/mol. The van der Waals surface area contributed by atoms with Crippen LogP contribution < -0.4 is 16.0 Å². The first-order chi connectivity index (χ1) is 10.5. The van der Waals surface area contributed by atoms with Crippen molar-refractivity contribution in [2.24, 2.45) is 5.92 Å². The van der Waals surface area contributed by atoms with Crippen molar-refractivity contribution < 1.29 is 9.59 Å². The van der Waals surface area contributed by atoms with Gasteiger partial charge < -0.3 is 16.0 Å². The minimum atomic E-state index is -0.0385. The Kier molecular flexibility index (Phi) is 8.06. The van der Waals surface area contributed by atoms with Gasteiger partial charge in [-0.05, 0) is 22.6 Å². The maximum atomic E-state index is 11.8. The molecule has 6 heteroatoms. The monoisotopic (exact) mass is 339 g/mol. The van der Waals surface area contributed by atoms with Gasteiger partial charge >= 0.3 is 0 Å². The first-order valence-corrected chi connectivity index (χ1v) is 7.89. The van der Waals surface area contributed by atoms with Gasteiger partial charge in [0.2, 0.25) is 11.8 Å². The van der Waals surface area contributed by atoms with E-state index in [4.69, 9.17) is 0 Å². The number of halogens is 1. The summed E-state index contributed by atoms with van der Waals surface area (Å²) in [7, 11) is 0. The van der Waals surface area contributed by atoms with Gasteiger partial charge in [-0.1, -0.05) is 32.0 Å². The molecule has 0 saturated heterocycles. The van der Waals surface area contributed by atoms with Crippen LogP contribution in [0.4, 0.5) is 0 Å². The third-order valence-electron chi connectivity index (χ3n) is 3.66. The predicted octanol–water partition coefficient (Wildman–Crippen LogP) is 1.88. The van der Waals surface area contributed by atoms with Gasteiger partial charge in [0.05, 0.1) is 0 Å². The Balaban J connectivity index is 0.00000264. The Morgan fingerprint density at radius 1 is 1.13 bits per heavy atom. The molecular formula is C17H26ClN3O2. The lowest BCUT2D eigenvalue weighted by Gasteiger charge is -2.09. The van der Waals surface area contributed by atoms with Gasteiger partial charge in [-0.15, -0.1) is 12.4 Å². The van der Waals surface area contributed by atoms with E-state index in [0.717, 1.165) is 18.7 Å². The first-order valence-electron chi connectivity index (χ1n) is 7.89. The Bertz CT molecular complexity index is 547. The van der Waals surface area contributed by atoms with E-state index in [0.29, 0.717) is 31.8 Å². The largest absolute Gasteiger partial charge is 0.356 e. The molecule has 2 rings (SSSR count). The Hall–Kier alpha value is -1.59. The van der Waals surface area contributed by atoms with Gasteiger partial charge in [-0.3, -0.25) is 9.59 Å². The Labute approximate surface area is 144 Å². The number of benzene rings is 1. The zero-order valence-electron chi connectivity index (χ0n) is 13.8. The van der Waals surface area contributed by atoms with Crippen LogP contribution in [0.1, 0.15) is 43.4 Å². The summed E-state index contributed by atoms with van der Waals surface area (Å²) < 4.78 is 0. The summed E-state index contributed by atoms with van der Waals surface area (Å²) in [5.41, 5.74) is 3.76. The van der Waals surface area contributed by atoms with Gasteiger partial charge in [-0.25, -0.2) is 0 Å². The number of hydrogen-bond acceptors (Lipinski definition) is 3. The molecule has 0 saturated carbocycles. The van der Waals surface area contributed by atoms with Crippen molar-refractivity contribution in [3.05, 3.63) is 34.9 Å². The van der Waals surface area contributed by atoms with Crippen molar-refractivity contribution in [1.29, 1.82) is 0 Å². The third kappa shape index (κ3) is 6.59. The minimum absolute atomic E-state index is 0. The highest BCUT2D eigenvalue weighted by atomic mass is 35.5. The molecule has 23 heavy (non-hydrogen) atoms. The topological polar surface area (TPSA) is 70.2 Å². The van der Waals surface area contributed by atoms with Crippen molar-refractivity contribution in [2.45, 2.75) is 46.3 Å². The third-order valence-corrected chi connectivity index (χ3v) is 3.66. The number of fused-ring (bicyclic) bond motifs is 1. The van der Waals surface area contributed by atoms with E-state index in [1.807, 2.05) is 13.8 Å². The first kappa shape index (κ1) is 19.5. The summed E-state index contributed by atoms with van der Waals surface area (Å²) in [5, 5.41) is 8.97. The lowest BCUT2D eigenvalue weighted by Crippen LogP contribution is -2.31. The van der Waals surface area contributed by atoms with Gasteiger partial charge in [0.1, 0.15) is 0 Å². The average Bonchev–Trinajstić information content (AvgIpc) is 2.91. The van der Waals surface area contributed by atoms with Crippen molar-refractivity contribution in [3.63, 3.8) is 0 Å². The van der Waals surface area contributed by atoms with E-state index in [1.54, 1.807) is 0 Å². The maximum absolute atomic E-state index is 11.8. The molecule has 0 radical (unpaired) electrons.